The molecule has 1 aliphatic rings. The van der Waals surface area contributed by atoms with E-state index in [1.54, 1.807) is 31.2 Å². The van der Waals surface area contributed by atoms with Gasteiger partial charge >= 0.3 is 6.03 Å². The molecule has 1 atom stereocenters. The van der Waals surface area contributed by atoms with Gasteiger partial charge in [-0.25, -0.2) is 4.79 Å². The lowest BCUT2D eigenvalue weighted by Crippen LogP contribution is -2.42. The molecule has 1 aliphatic heterocycles. The summed E-state index contributed by atoms with van der Waals surface area (Å²) in [7, 11) is 1.53. The number of imide groups is 1. The maximum absolute atomic E-state index is 13.0. The summed E-state index contributed by atoms with van der Waals surface area (Å²) < 4.78 is 0. The second-order valence-corrected chi connectivity index (χ2v) is 7.93. The summed E-state index contributed by atoms with van der Waals surface area (Å²) in [4.78, 5) is 50.4. The molecule has 1 unspecified atom stereocenters. The molecule has 8 heteroatoms. The Morgan fingerprint density at radius 3 is 2.19 bits per heavy atom. The van der Waals surface area contributed by atoms with Gasteiger partial charge in [-0.2, -0.15) is 0 Å². The van der Waals surface area contributed by atoms with Gasteiger partial charge in [-0.05, 0) is 48.2 Å². The molecule has 3 N–H and O–H groups in total. The van der Waals surface area contributed by atoms with Gasteiger partial charge in [-0.15, -0.1) is 0 Å². The zero-order chi connectivity index (χ0) is 22.8. The number of amides is 5. The molecule has 3 rings (SSSR count). The molecule has 1 fully saturated rings. The molecule has 0 radical (unpaired) electrons. The highest BCUT2D eigenvalue weighted by atomic mass is 16.2. The summed E-state index contributed by atoms with van der Waals surface area (Å²) >= 11 is 0. The SMILES string of the molecule is CNC(=O)c1ccc(NC(=O)CN2C(=O)NC(C)(c3ccc(C(C)C)cc3)C2=O)cc1. The third-order valence-electron chi connectivity index (χ3n) is 5.39. The predicted molar refractivity (Wildman–Crippen MR) is 117 cm³/mol. The summed E-state index contributed by atoms with van der Waals surface area (Å²) in [5.41, 5.74) is 1.46. The highest BCUT2D eigenvalue weighted by Gasteiger charge is 2.49. The summed E-state index contributed by atoms with van der Waals surface area (Å²) in [6, 6.07) is 13.2. The van der Waals surface area contributed by atoms with Gasteiger partial charge in [-0.3, -0.25) is 19.3 Å². The minimum Gasteiger partial charge on any atom is -0.355 e. The van der Waals surface area contributed by atoms with E-state index in [-0.39, 0.29) is 5.91 Å². The van der Waals surface area contributed by atoms with Crippen molar-refractivity contribution in [2.75, 3.05) is 18.9 Å². The number of nitrogens with one attached hydrogen (secondary N) is 3. The zero-order valence-corrected chi connectivity index (χ0v) is 18.0. The lowest BCUT2D eigenvalue weighted by molar-refractivity contribution is -0.133. The average molecular weight is 422 g/mol. The van der Waals surface area contributed by atoms with Crippen molar-refractivity contribution in [1.82, 2.24) is 15.5 Å². The molecule has 5 amide bonds. The highest BCUT2D eigenvalue weighted by molar-refractivity contribution is 6.10. The Kier molecular flexibility index (Phi) is 6.10. The van der Waals surface area contributed by atoms with Crippen molar-refractivity contribution in [3.05, 3.63) is 65.2 Å². The summed E-state index contributed by atoms with van der Waals surface area (Å²) in [5.74, 6) is -0.894. The van der Waals surface area contributed by atoms with Gasteiger partial charge in [0.05, 0.1) is 0 Å². The van der Waals surface area contributed by atoms with Gasteiger partial charge in [0.25, 0.3) is 11.8 Å². The van der Waals surface area contributed by atoms with E-state index in [1.165, 1.54) is 7.05 Å². The molecule has 0 bridgehead atoms. The number of nitrogens with zero attached hydrogens (tertiary/aromatic N) is 1. The van der Waals surface area contributed by atoms with Crippen LogP contribution in [0.5, 0.6) is 0 Å². The fraction of sp³-hybridized carbons (Fsp3) is 0.304. The second-order valence-electron chi connectivity index (χ2n) is 7.93. The number of rotatable bonds is 6. The van der Waals surface area contributed by atoms with Crippen LogP contribution in [0, 0.1) is 0 Å². The number of hydrogen-bond acceptors (Lipinski definition) is 4. The van der Waals surface area contributed by atoms with Gasteiger partial charge in [0.1, 0.15) is 12.1 Å². The maximum Gasteiger partial charge on any atom is 0.325 e. The van der Waals surface area contributed by atoms with E-state index in [4.69, 9.17) is 0 Å². The number of carbonyl (C=O) groups excluding carboxylic acids is 4. The van der Waals surface area contributed by atoms with Crippen LogP contribution in [0.1, 0.15) is 48.2 Å². The molecule has 0 spiro atoms. The van der Waals surface area contributed by atoms with Crippen LogP contribution in [0.4, 0.5) is 10.5 Å². The molecule has 162 valence electrons. The molecule has 8 nitrogen and oxygen atoms in total. The van der Waals surface area contributed by atoms with Gasteiger partial charge in [0.15, 0.2) is 0 Å². The minimum atomic E-state index is -1.23. The number of anilines is 1. The smallest absolute Gasteiger partial charge is 0.325 e. The minimum absolute atomic E-state index is 0.238. The van der Waals surface area contributed by atoms with E-state index >= 15 is 0 Å². The Bertz CT molecular complexity index is 1010. The van der Waals surface area contributed by atoms with E-state index in [1.807, 2.05) is 24.3 Å². The van der Waals surface area contributed by atoms with Crippen molar-refractivity contribution in [3.63, 3.8) is 0 Å². The van der Waals surface area contributed by atoms with E-state index in [0.717, 1.165) is 10.5 Å². The Labute approximate surface area is 181 Å². The van der Waals surface area contributed by atoms with E-state index in [9.17, 15) is 19.2 Å². The van der Waals surface area contributed by atoms with Crippen LogP contribution in [0.2, 0.25) is 0 Å². The van der Waals surface area contributed by atoms with Crippen LogP contribution in [0.3, 0.4) is 0 Å². The molecule has 2 aromatic carbocycles. The van der Waals surface area contributed by atoms with Gasteiger partial charge in [0, 0.05) is 18.3 Å². The Morgan fingerprint density at radius 1 is 1.03 bits per heavy atom. The first kappa shape index (κ1) is 22.0. The van der Waals surface area contributed by atoms with Crippen LogP contribution in [0.15, 0.2) is 48.5 Å². The molecule has 31 heavy (non-hydrogen) atoms. The van der Waals surface area contributed by atoms with Crippen molar-refractivity contribution in [3.8, 4) is 0 Å². The lowest BCUT2D eigenvalue weighted by atomic mass is 9.90. The molecule has 0 aromatic heterocycles. The second kappa shape index (κ2) is 8.59. The number of benzene rings is 2. The summed E-state index contributed by atoms with van der Waals surface area (Å²) in [6.07, 6.45) is 0. The number of hydrogen-bond donors (Lipinski definition) is 3. The standard InChI is InChI=1S/C23H26N4O4/c1-14(2)15-5-9-17(10-6-15)23(3)21(30)27(22(31)26-23)13-19(28)25-18-11-7-16(8-12-18)20(29)24-4/h5-12,14H,13H2,1-4H3,(H,24,29)(H,25,28)(H,26,31). The number of carbonyl (C=O) groups is 4. The molecule has 0 saturated carbocycles. The molecule has 1 saturated heterocycles. The van der Waals surface area contributed by atoms with E-state index in [0.29, 0.717) is 22.7 Å². The number of urea groups is 1. The molecule has 2 aromatic rings. The van der Waals surface area contributed by atoms with Gasteiger partial charge in [-0.1, -0.05) is 38.1 Å². The molecule has 0 aliphatic carbocycles. The summed E-state index contributed by atoms with van der Waals surface area (Å²) in [6.45, 7) is 5.37. The third kappa shape index (κ3) is 4.42. The van der Waals surface area contributed by atoms with Crippen LogP contribution in [-0.4, -0.2) is 42.2 Å². The molecular formula is C23H26N4O4. The van der Waals surface area contributed by atoms with Crippen molar-refractivity contribution in [2.45, 2.75) is 32.2 Å². The van der Waals surface area contributed by atoms with Crippen LogP contribution in [0.25, 0.3) is 0 Å². The van der Waals surface area contributed by atoms with Gasteiger partial charge in [0.2, 0.25) is 5.91 Å². The fourth-order valence-corrected chi connectivity index (χ4v) is 3.43. The molecule has 1 heterocycles. The van der Waals surface area contributed by atoms with Crippen molar-refractivity contribution in [2.24, 2.45) is 0 Å². The Morgan fingerprint density at radius 2 is 1.65 bits per heavy atom. The average Bonchev–Trinajstić information content (AvgIpc) is 2.97. The largest absolute Gasteiger partial charge is 0.355 e. The summed E-state index contributed by atoms with van der Waals surface area (Å²) in [5, 5.41) is 7.85. The van der Waals surface area contributed by atoms with E-state index < -0.39 is 29.9 Å². The van der Waals surface area contributed by atoms with Crippen LogP contribution < -0.4 is 16.0 Å². The first-order valence-electron chi connectivity index (χ1n) is 10.0. The van der Waals surface area contributed by atoms with Crippen molar-refractivity contribution < 1.29 is 19.2 Å². The monoisotopic (exact) mass is 422 g/mol. The first-order chi connectivity index (χ1) is 14.7. The zero-order valence-electron chi connectivity index (χ0n) is 18.0. The topological polar surface area (TPSA) is 108 Å². The highest BCUT2D eigenvalue weighted by Crippen LogP contribution is 2.30. The quantitative estimate of drug-likeness (QED) is 0.622. The van der Waals surface area contributed by atoms with Crippen LogP contribution >= 0.6 is 0 Å². The third-order valence-corrected chi connectivity index (χ3v) is 5.39. The van der Waals surface area contributed by atoms with E-state index in [2.05, 4.69) is 29.8 Å². The van der Waals surface area contributed by atoms with Crippen molar-refractivity contribution in [1.29, 1.82) is 0 Å². The van der Waals surface area contributed by atoms with Crippen molar-refractivity contribution >= 4 is 29.4 Å². The van der Waals surface area contributed by atoms with Crippen LogP contribution in [-0.2, 0) is 15.1 Å². The fourth-order valence-electron chi connectivity index (χ4n) is 3.43. The Hall–Kier alpha value is -3.68. The van der Waals surface area contributed by atoms with Gasteiger partial charge < -0.3 is 16.0 Å². The molecular weight excluding hydrogens is 396 g/mol. The maximum atomic E-state index is 13.0. The normalized spacial score (nSPS) is 18.2. The Balaban J connectivity index is 1.69. The first-order valence-corrected chi connectivity index (χ1v) is 10.0. The predicted octanol–water partition coefficient (Wildman–Crippen LogP) is 2.58. The lowest BCUT2D eigenvalue weighted by Gasteiger charge is -2.22.